The summed E-state index contributed by atoms with van der Waals surface area (Å²) in [6.45, 7) is 13.1. The SMILES string of the molecule is COc1cc([N+](=O)[O-])c(C(=O)O)cc1C.Cc1cc(C(=O)Cl)c([N+](=O)[O-])cc1C.Cc1cc(C(=O)N2c3ccccc3C[C@H]2C)c([N+](=O)[O-])cc1C.O=C=O.O=C=O.O=C=O.[Cl-].c1ccc2c(c1)CCN2.c1ccc2c(c1)CC[NH2+]2. The molecule has 80 heavy (non-hydrogen) atoms. The molecule has 0 spiro atoms. The maximum Gasteiger partial charge on any atom is 0.373 e. The van der Waals surface area contributed by atoms with Gasteiger partial charge in [-0.1, -0.05) is 54.6 Å². The maximum absolute atomic E-state index is 13.0. The van der Waals surface area contributed by atoms with Gasteiger partial charge in [0.2, 0.25) is 0 Å². The van der Waals surface area contributed by atoms with Gasteiger partial charge in [-0.05, 0) is 141 Å². The molecule has 3 heterocycles. The van der Waals surface area contributed by atoms with Crippen LogP contribution in [0.2, 0.25) is 0 Å². The predicted octanol–water partition coefficient (Wildman–Crippen LogP) is 5.35. The van der Waals surface area contributed by atoms with Crippen molar-refractivity contribution in [3.8, 4) is 5.75 Å². The Morgan fingerprint density at radius 2 is 1.07 bits per heavy atom. The zero-order chi connectivity index (χ0) is 59.5. The topological polar surface area (TPSA) is 344 Å². The number of nitro benzene ring substituents is 3. The van der Waals surface area contributed by atoms with Gasteiger partial charge in [-0.2, -0.15) is 28.8 Å². The molecule has 0 saturated heterocycles. The van der Waals surface area contributed by atoms with Crippen molar-refractivity contribution in [1.29, 1.82) is 0 Å². The molecule has 0 fully saturated rings. The maximum atomic E-state index is 13.0. The molecule has 0 saturated carbocycles. The van der Waals surface area contributed by atoms with Crippen LogP contribution in [0.25, 0.3) is 0 Å². The number of fused-ring (bicyclic) bond motifs is 3. The van der Waals surface area contributed by atoms with Gasteiger partial charge >= 0.3 is 24.4 Å². The second kappa shape index (κ2) is 34.2. The molecule has 6 aromatic rings. The number of nitrogens with two attached hydrogens (primary N) is 1. The first-order chi connectivity index (χ1) is 37.5. The number of anilines is 2. The number of nitro groups is 3. The van der Waals surface area contributed by atoms with E-state index < -0.39 is 31.7 Å². The first-order valence-corrected chi connectivity index (χ1v) is 23.8. The molecule has 6 aromatic carbocycles. The minimum atomic E-state index is -1.33. The van der Waals surface area contributed by atoms with Crippen molar-refractivity contribution in [2.45, 2.75) is 66.8 Å². The van der Waals surface area contributed by atoms with Gasteiger partial charge in [0.15, 0.2) is 0 Å². The van der Waals surface area contributed by atoms with E-state index in [1.165, 1.54) is 73.3 Å². The average molecular weight is 1140 g/mol. The van der Waals surface area contributed by atoms with Gasteiger partial charge in [0.25, 0.3) is 28.2 Å². The second-order valence-electron chi connectivity index (χ2n) is 17.0. The Morgan fingerprint density at radius 1 is 0.637 bits per heavy atom. The smallest absolute Gasteiger partial charge is 0.373 e. The van der Waals surface area contributed by atoms with Crippen LogP contribution in [0, 0.1) is 65.0 Å². The highest BCUT2D eigenvalue weighted by atomic mass is 35.5. The lowest BCUT2D eigenvalue weighted by molar-refractivity contribution is -0.561. The van der Waals surface area contributed by atoms with Gasteiger partial charge in [-0.15, -0.1) is 0 Å². The lowest BCUT2D eigenvalue weighted by atomic mass is 10.0. The molecular formula is C55H54Cl2N6O17. The zero-order valence-corrected chi connectivity index (χ0v) is 45.6. The lowest BCUT2D eigenvalue weighted by Gasteiger charge is -2.23. The monoisotopic (exact) mass is 1140 g/mol. The van der Waals surface area contributed by atoms with E-state index in [-0.39, 0.29) is 70.9 Å². The average Bonchev–Trinajstić information content (AvgIpc) is 4.17. The number of carbonyl (C=O) groups is 3. The molecule has 4 N–H and O–H groups in total. The standard InChI is InChI=1S/C18H18N2O3.C9H8ClNO3.C9H9NO5.2C8H9N.3CO2.ClH/c1-11-8-15(17(20(22)23)9-12(11)2)18(21)19-13(3)10-14-6-4-5-7-16(14)19;1-5-3-7(9(10)12)8(11(13)14)4-6(5)2;1-5-3-6(9(11)12)7(10(13)14)4-8(5)15-2;2*1-2-4-8-7(3-1)5-6-9-8;3*2-1-3;/h4-9,13H,10H2,1-3H3;3-4H,1-2H3;3-4H,1-2H3,(H,11,12);2*1-4,9H,5-6H2;;;;1H/t13-;;;;;;;;/m1......../s1. The highest BCUT2D eigenvalue weighted by Crippen LogP contribution is 2.35. The summed E-state index contributed by atoms with van der Waals surface area (Å²) in [7, 11) is 1.37. The van der Waals surface area contributed by atoms with Crippen molar-refractivity contribution < 1.29 is 85.5 Å². The van der Waals surface area contributed by atoms with Gasteiger partial charge in [0.1, 0.15) is 28.1 Å². The molecule has 0 radical (unpaired) electrons. The van der Waals surface area contributed by atoms with E-state index in [2.05, 4.69) is 59.2 Å². The molecule has 0 aliphatic carbocycles. The Kier molecular flexibility index (Phi) is 29.3. The van der Waals surface area contributed by atoms with Crippen molar-refractivity contribution in [1.82, 2.24) is 0 Å². The van der Waals surface area contributed by atoms with Crippen molar-refractivity contribution in [2.75, 3.05) is 30.4 Å². The molecule has 3 aliphatic rings. The van der Waals surface area contributed by atoms with Crippen LogP contribution in [-0.4, -0.2) is 81.7 Å². The summed E-state index contributed by atoms with van der Waals surface area (Å²) >= 11 is 5.23. The van der Waals surface area contributed by atoms with Crippen LogP contribution >= 0.6 is 11.6 Å². The van der Waals surface area contributed by atoms with E-state index in [1.54, 1.807) is 31.7 Å². The number of ether oxygens (including phenoxy) is 1. The second-order valence-corrected chi connectivity index (χ2v) is 17.3. The highest BCUT2D eigenvalue weighted by molar-refractivity contribution is 6.68. The minimum absolute atomic E-state index is 0. The first-order valence-electron chi connectivity index (χ1n) is 23.4. The van der Waals surface area contributed by atoms with Crippen LogP contribution in [0.5, 0.6) is 5.75 Å². The summed E-state index contributed by atoms with van der Waals surface area (Å²) in [6.07, 6.45) is 3.95. The van der Waals surface area contributed by atoms with E-state index in [1.807, 2.05) is 45.0 Å². The van der Waals surface area contributed by atoms with Crippen molar-refractivity contribution in [2.24, 2.45) is 0 Å². The minimum Gasteiger partial charge on any atom is -1.00 e. The van der Waals surface area contributed by atoms with E-state index in [9.17, 15) is 44.7 Å². The number of methoxy groups -OCH3 is 1. The molecular weight excluding hydrogens is 1090 g/mol. The normalized spacial score (nSPS) is 11.9. The Labute approximate surface area is 468 Å². The number of hydrogen-bond acceptors (Lipinski definition) is 17. The van der Waals surface area contributed by atoms with Gasteiger partial charge in [-0.25, -0.2) is 4.79 Å². The third kappa shape index (κ3) is 19.8. The first kappa shape index (κ1) is 68.4. The number of carbonyl (C=O) groups excluding carboxylic acids is 8. The predicted molar refractivity (Wildman–Crippen MR) is 283 cm³/mol. The summed E-state index contributed by atoms with van der Waals surface area (Å²) in [5.41, 5.74) is 10.4. The summed E-state index contributed by atoms with van der Waals surface area (Å²) in [5.74, 6) is -1.34. The zero-order valence-electron chi connectivity index (χ0n) is 44.1. The largest absolute Gasteiger partial charge is 1.00 e. The molecule has 1 amide bonds. The van der Waals surface area contributed by atoms with Crippen LogP contribution in [-0.2, 0) is 48.0 Å². The van der Waals surface area contributed by atoms with E-state index in [4.69, 9.17) is 50.2 Å². The molecule has 9 rings (SSSR count). The fraction of sp³-hybridized carbons (Fsp3) is 0.236. The number of carboxylic acids is 1. The van der Waals surface area contributed by atoms with Crippen LogP contribution in [0.1, 0.15) is 82.5 Å². The summed E-state index contributed by atoms with van der Waals surface area (Å²) in [5, 5.41) is 46.1. The van der Waals surface area contributed by atoms with Gasteiger partial charge in [-0.3, -0.25) is 39.9 Å². The molecule has 420 valence electrons. The van der Waals surface area contributed by atoms with Crippen LogP contribution < -0.4 is 32.7 Å². The molecule has 25 heteroatoms. The Morgan fingerprint density at radius 3 is 1.56 bits per heavy atom. The summed E-state index contributed by atoms with van der Waals surface area (Å²) in [6, 6.07) is 33.0. The number of carboxylic acid groups (broad SMARTS) is 1. The number of aryl methyl sites for hydroxylation is 5. The number of halogens is 2. The number of aromatic carboxylic acids is 1. The molecule has 0 unspecified atom stereocenters. The number of para-hydroxylation sites is 3. The van der Waals surface area contributed by atoms with E-state index in [0.717, 1.165) is 52.5 Å². The quantitative estimate of drug-likeness (QED) is 0.0785. The molecule has 3 aliphatic heterocycles. The summed E-state index contributed by atoms with van der Waals surface area (Å²) in [4.78, 5) is 116. The number of quaternary nitrogens is 1. The van der Waals surface area contributed by atoms with Crippen molar-refractivity contribution in [3.05, 3.63) is 201 Å². The fourth-order valence-corrected chi connectivity index (χ4v) is 8.20. The van der Waals surface area contributed by atoms with E-state index in [0.29, 0.717) is 11.3 Å². The number of nitrogens with zero attached hydrogens (tertiary/aromatic N) is 4. The van der Waals surface area contributed by atoms with Gasteiger partial charge < -0.3 is 37.8 Å². The van der Waals surface area contributed by atoms with Crippen LogP contribution in [0.4, 0.5) is 34.1 Å². The number of amides is 1. The number of hydrogen-bond donors (Lipinski definition) is 3. The molecule has 0 bridgehead atoms. The molecule has 0 aromatic heterocycles. The van der Waals surface area contributed by atoms with Crippen molar-refractivity contribution in [3.63, 3.8) is 0 Å². The van der Waals surface area contributed by atoms with Gasteiger partial charge in [0, 0.05) is 48.1 Å². The van der Waals surface area contributed by atoms with Crippen LogP contribution in [0.3, 0.4) is 0 Å². The number of rotatable bonds is 7. The fourth-order valence-electron chi connectivity index (χ4n) is 8.04. The molecule has 23 nitrogen and oxygen atoms in total. The van der Waals surface area contributed by atoms with Gasteiger partial charge in [0.05, 0.1) is 34.5 Å². The Hall–Kier alpha value is -9.59. The lowest BCUT2D eigenvalue weighted by Crippen LogP contribution is -3.00. The number of nitrogens with one attached hydrogen (secondary N) is 1. The van der Waals surface area contributed by atoms with Crippen LogP contribution in [0.15, 0.2) is 109 Å². The van der Waals surface area contributed by atoms with E-state index >= 15 is 0 Å². The summed E-state index contributed by atoms with van der Waals surface area (Å²) < 4.78 is 4.87. The third-order valence-corrected chi connectivity index (χ3v) is 12.2. The third-order valence-electron chi connectivity index (χ3n) is 12.0. The van der Waals surface area contributed by atoms with Crippen molar-refractivity contribution >= 4 is 81.3 Å². The Balaban J connectivity index is 0.000000496. The Bertz CT molecular complexity index is 3140. The number of benzene rings is 6. The highest BCUT2D eigenvalue weighted by Gasteiger charge is 2.35. The molecule has 1 atom stereocenters.